The van der Waals surface area contributed by atoms with Crippen LogP contribution in [0.3, 0.4) is 0 Å². The van der Waals surface area contributed by atoms with E-state index in [0.717, 1.165) is 12.8 Å². The predicted molar refractivity (Wildman–Crippen MR) is 122 cm³/mol. The summed E-state index contributed by atoms with van der Waals surface area (Å²) >= 11 is 0. The van der Waals surface area contributed by atoms with E-state index in [4.69, 9.17) is 9.47 Å². The molecular formula is C25H31N3O6. The first-order valence-electron chi connectivity index (χ1n) is 11.9. The van der Waals surface area contributed by atoms with Gasteiger partial charge in [0.15, 0.2) is 0 Å². The smallest absolute Gasteiger partial charge is 0.310 e. The standard InChI is InChI=1S/C25H31N3O6/c1-2-33-25-19(15-21(29)34-25)27-23(31)20-14-8-12-17-11-6-7-13-18(24(32)28(17)20)26-22(30)16-9-4-3-5-10-16/h3-7,9-10,17-20,25H,2,8,11-15H2,1H3,(H,26,30)(H,27,31)/b7-6-/t17-,18+,19?,20+,25?/m1/s1. The van der Waals surface area contributed by atoms with E-state index in [9.17, 15) is 19.2 Å². The Balaban J connectivity index is 1.51. The van der Waals surface area contributed by atoms with Crippen molar-refractivity contribution in [3.63, 3.8) is 0 Å². The summed E-state index contributed by atoms with van der Waals surface area (Å²) in [4.78, 5) is 53.1. The molecule has 2 unspecified atom stereocenters. The highest BCUT2D eigenvalue weighted by Crippen LogP contribution is 2.29. The molecule has 3 aliphatic rings. The number of ether oxygens (including phenoxy) is 2. The van der Waals surface area contributed by atoms with Crippen LogP contribution >= 0.6 is 0 Å². The van der Waals surface area contributed by atoms with Crippen molar-refractivity contribution in [3.8, 4) is 0 Å². The zero-order valence-electron chi connectivity index (χ0n) is 19.3. The van der Waals surface area contributed by atoms with Crippen molar-refractivity contribution < 1.29 is 28.7 Å². The lowest BCUT2D eigenvalue weighted by atomic mass is 9.90. The van der Waals surface area contributed by atoms with Crippen LogP contribution in [0.4, 0.5) is 0 Å². The van der Waals surface area contributed by atoms with Gasteiger partial charge in [-0.25, -0.2) is 0 Å². The fraction of sp³-hybridized carbons (Fsp3) is 0.520. The monoisotopic (exact) mass is 469 g/mol. The fourth-order valence-corrected chi connectivity index (χ4v) is 4.87. The van der Waals surface area contributed by atoms with Crippen molar-refractivity contribution in [3.05, 3.63) is 48.0 Å². The summed E-state index contributed by atoms with van der Waals surface area (Å²) in [7, 11) is 0. The molecule has 1 aromatic carbocycles. The lowest BCUT2D eigenvalue weighted by molar-refractivity contribution is -0.165. The summed E-state index contributed by atoms with van der Waals surface area (Å²) in [6, 6.07) is 6.55. The van der Waals surface area contributed by atoms with E-state index in [1.54, 1.807) is 36.1 Å². The van der Waals surface area contributed by atoms with E-state index in [0.29, 0.717) is 31.4 Å². The van der Waals surface area contributed by atoms with Gasteiger partial charge in [0.05, 0.1) is 6.42 Å². The topological polar surface area (TPSA) is 114 Å². The molecular weight excluding hydrogens is 438 g/mol. The Labute approximate surface area is 198 Å². The highest BCUT2D eigenvalue weighted by Gasteiger charge is 2.43. The van der Waals surface area contributed by atoms with Gasteiger partial charge in [-0.1, -0.05) is 30.4 Å². The van der Waals surface area contributed by atoms with E-state index >= 15 is 0 Å². The number of amides is 3. The van der Waals surface area contributed by atoms with Crippen molar-refractivity contribution in [2.45, 2.75) is 75.9 Å². The van der Waals surface area contributed by atoms with Gasteiger partial charge in [-0.2, -0.15) is 0 Å². The van der Waals surface area contributed by atoms with Gasteiger partial charge in [-0.15, -0.1) is 0 Å². The number of nitrogens with zero attached hydrogens (tertiary/aromatic N) is 1. The number of cyclic esters (lactones) is 1. The molecule has 2 saturated heterocycles. The normalized spacial score (nSPS) is 29.9. The molecule has 4 rings (SSSR count). The zero-order valence-corrected chi connectivity index (χ0v) is 19.3. The second-order valence-electron chi connectivity index (χ2n) is 8.81. The minimum atomic E-state index is -0.829. The van der Waals surface area contributed by atoms with Crippen molar-refractivity contribution in [1.82, 2.24) is 15.5 Å². The number of fused-ring (bicyclic) bond motifs is 1. The number of carbonyl (C=O) groups is 4. The van der Waals surface area contributed by atoms with Crippen molar-refractivity contribution >= 4 is 23.7 Å². The number of esters is 1. The average Bonchev–Trinajstić information content (AvgIpc) is 3.18. The summed E-state index contributed by atoms with van der Waals surface area (Å²) in [5.41, 5.74) is 0.471. The molecule has 3 heterocycles. The minimum absolute atomic E-state index is 0.0268. The van der Waals surface area contributed by atoms with Crippen LogP contribution in [0.25, 0.3) is 0 Å². The van der Waals surface area contributed by atoms with Gasteiger partial charge < -0.3 is 25.0 Å². The molecule has 9 heteroatoms. The van der Waals surface area contributed by atoms with Crippen LogP contribution in [-0.2, 0) is 23.9 Å². The minimum Gasteiger partial charge on any atom is -0.433 e. The van der Waals surface area contributed by atoms with Gasteiger partial charge in [-0.05, 0) is 51.2 Å². The van der Waals surface area contributed by atoms with Crippen LogP contribution < -0.4 is 10.6 Å². The van der Waals surface area contributed by atoms with Crippen LogP contribution in [0.1, 0.15) is 55.8 Å². The Hall–Kier alpha value is -3.20. The summed E-state index contributed by atoms with van der Waals surface area (Å²) in [6.07, 6.45) is 6.24. The summed E-state index contributed by atoms with van der Waals surface area (Å²) in [6.45, 7) is 2.13. The van der Waals surface area contributed by atoms with E-state index in [2.05, 4.69) is 10.6 Å². The largest absolute Gasteiger partial charge is 0.433 e. The molecule has 3 aliphatic heterocycles. The van der Waals surface area contributed by atoms with Gasteiger partial charge in [0.1, 0.15) is 18.1 Å². The number of piperidine rings is 1. The molecule has 0 saturated carbocycles. The molecule has 1 aromatic rings. The van der Waals surface area contributed by atoms with Crippen LogP contribution in [0.2, 0.25) is 0 Å². The molecule has 3 amide bonds. The Kier molecular flexibility index (Phi) is 7.62. The summed E-state index contributed by atoms with van der Waals surface area (Å²) < 4.78 is 10.6. The molecule has 0 radical (unpaired) electrons. The number of benzene rings is 1. The van der Waals surface area contributed by atoms with Gasteiger partial charge in [0, 0.05) is 18.2 Å². The molecule has 34 heavy (non-hydrogen) atoms. The van der Waals surface area contributed by atoms with Crippen LogP contribution in [0.15, 0.2) is 42.5 Å². The van der Waals surface area contributed by atoms with Crippen LogP contribution in [0, 0.1) is 0 Å². The Morgan fingerprint density at radius 3 is 2.62 bits per heavy atom. The van der Waals surface area contributed by atoms with Gasteiger partial charge in [0.2, 0.25) is 18.1 Å². The molecule has 0 aromatic heterocycles. The Morgan fingerprint density at radius 1 is 1.09 bits per heavy atom. The Morgan fingerprint density at radius 2 is 1.85 bits per heavy atom. The Bertz CT molecular complexity index is 949. The maximum absolute atomic E-state index is 13.7. The van der Waals surface area contributed by atoms with Crippen LogP contribution in [-0.4, -0.2) is 65.7 Å². The number of nitrogens with one attached hydrogen (secondary N) is 2. The quantitative estimate of drug-likeness (QED) is 0.484. The maximum Gasteiger partial charge on any atom is 0.310 e. The molecule has 182 valence electrons. The molecule has 5 atom stereocenters. The fourth-order valence-electron chi connectivity index (χ4n) is 4.87. The maximum atomic E-state index is 13.7. The van der Waals surface area contributed by atoms with Gasteiger partial charge >= 0.3 is 5.97 Å². The second kappa shape index (κ2) is 10.8. The van der Waals surface area contributed by atoms with Crippen molar-refractivity contribution in [1.29, 1.82) is 0 Å². The highest BCUT2D eigenvalue weighted by atomic mass is 16.7. The first-order valence-corrected chi connectivity index (χ1v) is 11.9. The third-order valence-corrected chi connectivity index (χ3v) is 6.51. The van der Waals surface area contributed by atoms with E-state index in [1.807, 2.05) is 18.2 Å². The molecule has 0 spiro atoms. The lowest BCUT2D eigenvalue weighted by Crippen LogP contribution is -2.62. The first kappa shape index (κ1) is 23.9. The van der Waals surface area contributed by atoms with Crippen molar-refractivity contribution in [2.24, 2.45) is 0 Å². The molecule has 0 aliphatic carbocycles. The van der Waals surface area contributed by atoms with Crippen LogP contribution in [0.5, 0.6) is 0 Å². The number of hydrogen-bond acceptors (Lipinski definition) is 6. The number of carbonyl (C=O) groups excluding carboxylic acids is 4. The third-order valence-electron chi connectivity index (χ3n) is 6.51. The molecule has 2 fully saturated rings. The number of hydrogen-bond donors (Lipinski definition) is 2. The van der Waals surface area contributed by atoms with Gasteiger partial charge in [0.25, 0.3) is 5.91 Å². The molecule has 9 nitrogen and oxygen atoms in total. The molecule has 2 N–H and O–H groups in total. The van der Waals surface area contributed by atoms with Crippen molar-refractivity contribution in [2.75, 3.05) is 6.61 Å². The van der Waals surface area contributed by atoms with E-state index in [-0.39, 0.29) is 30.2 Å². The second-order valence-corrected chi connectivity index (χ2v) is 8.81. The van der Waals surface area contributed by atoms with Gasteiger partial charge in [-0.3, -0.25) is 19.2 Å². The predicted octanol–water partition coefficient (Wildman–Crippen LogP) is 1.68. The number of rotatable bonds is 6. The summed E-state index contributed by atoms with van der Waals surface area (Å²) in [5.74, 6) is -1.35. The SMILES string of the molecule is CCOC1OC(=O)CC1NC(=O)[C@@H]1CCC[C@H]2C/C=C\C[C@H](NC(=O)c3ccccc3)C(=O)N21. The zero-order chi connectivity index (χ0) is 24.1. The third kappa shape index (κ3) is 5.30. The average molecular weight is 470 g/mol. The highest BCUT2D eigenvalue weighted by molar-refractivity contribution is 5.98. The van der Waals surface area contributed by atoms with E-state index in [1.165, 1.54) is 0 Å². The first-order chi connectivity index (χ1) is 16.5. The molecule has 0 bridgehead atoms. The summed E-state index contributed by atoms with van der Waals surface area (Å²) in [5, 5.41) is 5.73. The van der Waals surface area contributed by atoms with E-state index < -0.39 is 30.4 Å². The lowest BCUT2D eigenvalue weighted by Gasteiger charge is -2.43.